The number of carbonyl (C=O) groups excluding carboxylic acids is 1. The number of nitriles is 1. The number of nitrogens with zero attached hydrogens (tertiary/aromatic N) is 2. The molecule has 2 aliphatic heterocycles. The maximum atomic E-state index is 12.7. The number of aliphatic hydroxyl groups excluding tert-OH is 1. The molecule has 0 bridgehead atoms. The summed E-state index contributed by atoms with van der Waals surface area (Å²) in [5, 5.41) is 22.3. The summed E-state index contributed by atoms with van der Waals surface area (Å²) in [6.07, 6.45) is 1.29. The number of likely N-dealkylation sites (N-methyl/N-ethyl adjacent to an activating group) is 1. The first-order valence-corrected chi connectivity index (χ1v) is 8.78. The molecule has 2 fully saturated rings. The molecule has 0 aromatic heterocycles. The third-order valence-electron chi connectivity index (χ3n) is 5.33. The average Bonchev–Trinajstić information content (AvgIpc) is 2.92. The van der Waals surface area contributed by atoms with Crippen molar-refractivity contribution in [1.82, 2.24) is 10.2 Å². The number of carbonyl (C=O) groups is 1. The van der Waals surface area contributed by atoms with Crippen LogP contribution in [0.3, 0.4) is 0 Å². The molecular formula is C19H25N3O3. The average molecular weight is 343 g/mol. The van der Waals surface area contributed by atoms with E-state index >= 15 is 0 Å². The fourth-order valence-corrected chi connectivity index (χ4v) is 3.89. The smallest absolute Gasteiger partial charge is 0.221 e. The lowest BCUT2D eigenvalue weighted by Crippen LogP contribution is -2.50. The molecule has 25 heavy (non-hydrogen) atoms. The minimum Gasteiger partial charge on any atom is -0.391 e. The molecule has 0 radical (unpaired) electrons. The van der Waals surface area contributed by atoms with Gasteiger partial charge in [0.15, 0.2) is 0 Å². The van der Waals surface area contributed by atoms with Gasteiger partial charge in [0.2, 0.25) is 5.91 Å². The largest absolute Gasteiger partial charge is 0.391 e. The van der Waals surface area contributed by atoms with E-state index in [4.69, 9.17) is 10.00 Å². The third kappa shape index (κ3) is 4.01. The third-order valence-corrected chi connectivity index (χ3v) is 5.33. The van der Waals surface area contributed by atoms with Crippen molar-refractivity contribution in [2.45, 2.75) is 30.9 Å². The molecule has 0 aliphatic carbocycles. The first-order chi connectivity index (χ1) is 12.0. The highest BCUT2D eigenvalue weighted by molar-refractivity contribution is 5.77. The number of amides is 1. The fraction of sp³-hybridized carbons (Fsp3) is 0.579. The van der Waals surface area contributed by atoms with E-state index in [2.05, 4.69) is 11.4 Å². The Balaban J connectivity index is 1.74. The molecule has 2 saturated heterocycles. The van der Waals surface area contributed by atoms with Crippen LogP contribution in [0.25, 0.3) is 0 Å². The van der Waals surface area contributed by atoms with Gasteiger partial charge in [-0.3, -0.25) is 4.79 Å². The van der Waals surface area contributed by atoms with Crippen LogP contribution < -0.4 is 5.32 Å². The van der Waals surface area contributed by atoms with Crippen LogP contribution in [-0.2, 0) is 15.1 Å². The Kier molecular flexibility index (Phi) is 5.38. The van der Waals surface area contributed by atoms with Gasteiger partial charge in [-0.2, -0.15) is 5.26 Å². The van der Waals surface area contributed by atoms with Crippen LogP contribution in [0, 0.1) is 17.2 Å². The summed E-state index contributed by atoms with van der Waals surface area (Å²) >= 11 is 0. The van der Waals surface area contributed by atoms with Gasteiger partial charge in [0, 0.05) is 38.6 Å². The predicted octanol–water partition coefficient (Wildman–Crippen LogP) is 0.993. The van der Waals surface area contributed by atoms with Crippen LogP contribution in [0.4, 0.5) is 0 Å². The van der Waals surface area contributed by atoms with Gasteiger partial charge in [-0.25, -0.2) is 0 Å². The molecule has 2 N–H and O–H groups in total. The summed E-state index contributed by atoms with van der Waals surface area (Å²) in [5.74, 6) is -0.0616. The topological polar surface area (TPSA) is 85.6 Å². The second kappa shape index (κ2) is 7.52. The van der Waals surface area contributed by atoms with E-state index in [1.165, 1.54) is 0 Å². The summed E-state index contributed by atoms with van der Waals surface area (Å²) < 4.78 is 5.49. The van der Waals surface area contributed by atoms with Crippen molar-refractivity contribution in [3.63, 3.8) is 0 Å². The number of rotatable bonds is 4. The highest BCUT2D eigenvalue weighted by Crippen LogP contribution is 2.33. The number of nitrogens with one attached hydrogen (secondary N) is 1. The number of hydrogen-bond donors (Lipinski definition) is 2. The summed E-state index contributed by atoms with van der Waals surface area (Å²) in [6, 6.07) is 9.53. The maximum Gasteiger partial charge on any atom is 0.221 e. The van der Waals surface area contributed by atoms with Gasteiger partial charge in [-0.05, 0) is 37.6 Å². The summed E-state index contributed by atoms with van der Waals surface area (Å²) in [4.78, 5) is 14.7. The van der Waals surface area contributed by atoms with Gasteiger partial charge in [-0.1, -0.05) is 12.1 Å². The predicted molar refractivity (Wildman–Crippen MR) is 92.6 cm³/mol. The zero-order valence-electron chi connectivity index (χ0n) is 14.6. The first kappa shape index (κ1) is 17.9. The van der Waals surface area contributed by atoms with Gasteiger partial charge < -0.3 is 20.1 Å². The van der Waals surface area contributed by atoms with Crippen LogP contribution in [0.15, 0.2) is 24.3 Å². The summed E-state index contributed by atoms with van der Waals surface area (Å²) in [5.41, 5.74) is 1.15. The minimum atomic E-state index is -0.460. The van der Waals surface area contributed by atoms with E-state index in [-0.39, 0.29) is 11.8 Å². The standard InChI is InChI=1S/C19H25N3O3/c1-22-12-15(17(23)13-22)10-18(24)21-19(6-8-25-9-7-19)16-4-2-14(11-20)3-5-16/h2-5,15,17,23H,6-10,12-13H2,1H3,(H,21,24)/t15-,17-/m1/s1. The second-order valence-corrected chi connectivity index (χ2v) is 7.18. The molecule has 0 spiro atoms. The Morgan fingerprint density at radius 3 is 2.60 bits per heavy atom. The molecule has 0 unspecified atom stereocenters. The van der Waals surface area contributed by atoms with Gasteiger partial charge >= 0.3 is 0 Å². The van der Waals surface area contributed by atoms with Crippen molar-refractivity contribution in [3.8, 4) is 6.07 Å². The molecule has 1 amide bonds. The Labute approximate surface area is 148 Å². The number of benzene rings is 1. The molecule has 2 heterocycles. The number of aliphatic hydroxyl groups is 1. The molecule has 1 aromatic carbocycles. The molecule has 6 nitrogen and oxygen atoms in total. The second-order valence-electron chi connectivity index (χ2n) is 7.18. The van der Waals surface area contributed by atoms with Crippen LogP contribution in [0.2, 0.25) is 0 Å². The highest BCUT2D eigenvalue weighted by Gasteiger charge is 2.38. The van der Waals surface area contributed by atoms with E-state index < -0.39 is 11.6 Å². The molecule has 0 saturated carbocycles. The van der Waals surface area contributed by atoms with E-state index in [9.17, 15) is 9.90 Å². The number of likely N-dealkylation sites (tertiary alicyclic amines) is 1. The monoisotopic (exact) mass is 343 g/mol. The summed E-state index contributed by atoms with van der Waals surface area (Å²) in [7, 11) is 1.96. The Bertz CT molecular complexity index is 647. The van der Waals surface area contributed by atoms with Crippen LogP contribution >= 0.6 is 0 Å². The zero-order valence-corrected chi connectivity index (χ0v) is 14.6. The molecule has 1 aromatic rings. The lowest BCUT2D eigenvalue weighted by molar-refractivity contribution is -0.126. The van der Waals surface area contributed by atoms with Crippen molar-refractivity contribution in [3.05, 3.63) is 35.4 Å². The van der Waals surface area contributed by atoms with Gasteiger partial charge in [0.25, 0.3) is 0 Å². The lowest BCUT2D eigenvalue weighted by atomic mass is 9.82. The van der Waals surface area contributed by atoms with E-state index in [0.29, 0.717) is 44.6 Å². The van der Waals surface area contributed by atoms with Crippen molar-refractivity contribution < 1.29 is 14.6 Å². The number of ether oxygens (including phenoxy) is 1. The van der Waals surface area contributed by atoms with Gasteiger partial charge in [0.05, 0.1) is 23.3 Å². The van der Waals surface area contributed by atoms with Crippen molar-refractivity contribution in [2.75, 3.05) is 33.4 Å². The van der Waals surface area contributed by atoms with E-state index in [0.717, 1.165) is 12.1 Å². The molecule has 6 heteroatoms. The van der Waals surface area contributed by atoms with Crippen molar-refractivity contribution in [1.29, 1.82) is 5.26 Å². The Hall–Kier alpha value is -1.94. The molecule has 2 aliphatic rings. The van der Waals surface area contributed by atoms with Crippen LogP contribution in [0.1, 0.15) is 30.4 Å². The first-order valence-electron chi connectivity index (χ1n) is 8.78. The van der Waals surface area contributed by atoms with Gasteiger partial charge in [-0.15, -0.1) is 0 Å². The van der Waals surface area contributed by atoms with Crippen LogP contribution in [-0.4, -0.2) is 55.4 Å². The number of β-amino-alcohol motifs (C(OH)–C–C–N with tert-alkyl or cyclic N) is 1. The van der Waals surface area contributed by atoms with E-state index in [1.807, 2.05) is 24.1 Å². The SMILES string of the molecule is CN1C[C@@H](CC(=O)NC2(c3ccc(C#N)cc3)CCOCC2)[C@H](O)C1. The fourth-order valence-electron chi connectivity index (χ4n) is 3.89. The number of hydrogen-bond acceptors (Lipinski definition) is 5. The summed E-state index contributed by atoms with van der Waals surface area (Å²) in [6.45, 7) is 2.54. The quantitative estimate of drug-likeness (QED) is 0.852. The minimum absolute atomic E-state index is 0.0251. The Morgan fingerprint density at radius 1 is 1.36 bits per heavy atom. The molecular weight excluding hydrogens is 318 g/mol. The van der Waals surface area contributed by atoms with Crippen molar-refractivity contribution >= 4 is 5.91 Å². The molecule has 2 atom stereocenters. The maximum absolute atomic E-state index is 12.7. The van der Waals surface area contributed by atoms with Gasteiger partial charge in [0.1, 0.15) is 0 Å². The normalized spacial score (nSPS) is 26.1. The molecule has 134 valence electrons. The highest BCUT2D eigenvalue weighted by atomic mass is 16.5. The molecule has 3 rings (SSSR count). The van der Waals surface area contributed by atoms with E-state index in [1.54, 1.807) is 12.1 Å². The lowest BCUT2D eigenvalue weighted by Gasteiger charge is -2.39. The zero-order chi connectivity index (χ0) is 17.9. The van der Waals surface area contributed by atoms with Crippen LogP contribution in [0.5, 0.6) is 0 Å². The van der Waals surface area contributed by atoms with Crippen molar-refractivity contribution in [2.24, 2.45) is 5.92 Å². The Morgan fingerprint density at radius 2 is 2.04 bits per heavy atom.